The number of thioether (sulfide) groups is 1. The second-order valence-electron chi connectivity index (χ2n) is 7.39. The van der Waals surface area contributed by atoms with Gasteiger partial charge in [-0.2, -0.15) is 5.26 Å². The Balaban J connectivity index is 1.54. The zero-order chi connectivity index (χ0) is 23.0. The minimum atomic E-state index is -1.18. The number of nitriles is 1. The molecule has 2 aromatic carbocycles. The number of thiophene rings is 1. The van der Waals surface area contributed by atoms with Crippen LogP contribution in [0.25, 0.3) is 21.7 Å². The highest BCUT2D eigenvalue weighted by Crippen LogP contribution is 2.35. The van der Waals surface area contributed by atoms with Crippen LogP contribution in [0.3, 0.4) is 0 Å². The van der Waals surface area contributed by atoms with E-state index in [0.717, 1.165) is 27.3 Å². The lowest BCUT2D eigenvalue weighted by Crippen LogP contribution is -2.20. The number of nitrogens with zero attached hydrogens (tertiary/aromatic N) is 2. The number of hydrogen-bond acceptors (Lipinski definition) is 6. The number of rotatable bonds is 9. The summed E-state index contributed by atoms with van der Waals surface area (Å²) in [6.45, 7) is 0. The van der Waals surface area contributed by atoms with E-state index in [4.69, 9.17) is 4.98 Å². The molecule has 4 rings (SSSR count). The fourth-order valence-electron chi connectivity index (χ4n) is 3.39. The van der Waals surface area contributed by atoms with Crippen molar-refractivity contribution in [2.24, 2.45) is 0 Å². The molecule has 0 radical (unpaired) electrons. The third-order valence-corrected chi connectivity index (χ3v) is 8.34. The van der Waals surface area contributed by atoms with E-state index in [1.807, 2.05) is 84.2 Å². The Kier molecular flexibility index (Phi) is 8.08. The minimum absolute atomic E-state index is 0.180. The van der Waals surface area contributed by atoms with Gasteiger partial charge >= 0.3 is 0 Å². The SMILES string of the molecule is N#Cc1c(-c2ccccc2)cc(-c2cccs2)nc1SC[C@H](O)C[S@@](=O)Cc1ccccc1. The number of aromatic nitrogens is 1. The molecular weight excluding hydrogens is 468 g/mol. The molecule has 4 nitrogen and oxygen atoms in total. The Morgan fingerprint density at radius 2 is 1.79 bits per heavy atom. The fraction of sp³-hybridized carbons (Fsp3) is 0.154. The van der Waals surface area contributed by atoms with Crippen molar-refractivity contribution in [3.05, 3.63) is 95.4 Å². The molecule has 0 aliphatic heterocycles. The van der Waals surface area contributed by atoms with Crippen LogP contribution in [-0.2, 0) is 16.6 Å². The summed E-state index contributed by atoms with van der Waals surface area (Å²) in [5, 5.41) is 23.1. The van der Waals surface area contributed by atoms with Crippen molar-refractivity contribution < 1.29 is 9.32 Å². The Morgan fingerprint density at radius 1 is 1.06 bits per heavy atom. The van der Waals surface area contributed by atoms with E-state index in [1.165, 1.54) is 11.8 Å². The molecule has 0 amide bonds. The highest BCUT2D eigenvalue weighted by molar-refractivity contribution is 7.99. The van der Waals surface area contributed by atoms with Crippen LogP contribution in [0, 0.1) is 11.3 Å². The standard InChI is InChI=1S/C26H22N2O2S3/c27-15-23-22(20-10-5-2-6-11-20)14-24(25-12-7-13-31-25)28-26(23)32-16-21(29)18-33(30)17-19-8-3-1-4-9-19/h1-14,21,29H,16-18H2/t21-,33-/m0/s1. The van der Waals surface area contributed by atoms with Crippen LogP contribution in [0.2, 0.25) is 0 Å². The first-order valence-corrected chi connectivity index (χ1v) is 13.7. The van der Waals surface area contributed by atoms with E-state index in [9.17, 15) is 14.6 Å². The Hall–Kier alpha value is -2.76. The summed E-state index contributed by atoms with van der Waals surface area (Å²) in [5.74, 6) is 0.903. The summed E-state index contributed by atoms with van der Waals surface area (Å²) in [4.78, 5) is 5.77. The lowest BCUT2D eigenvalue weighted by molar-refractivity contribution is 0.224. The molecule has 2 heterocycles. The van der Waals surface area contributed by atoms with E-state index >= 15 is 0 Å². The maximum absolute atomic E-state index is 12.5. The summed E-state index contributed by atoms with van der Waals surface area (Å²) in [7, 11) is -1.18. The average Bonchev–Trinajstić information content (AvgIpc) is 3.38. The molecule has 1 N–H and O–H groups in total. The van der Waals surface area contributed by atoms with E-state index < -0.39 is 16.9 Å². The molecule has 2 aromatic heterocycles. The highest BCUT2D eigenvalue weighted by atomic mass is 32.2. The molecule has 33 heavy (non-hydrogen) atoms. The van der Waals surface area contributed by atoms with Gasteiger partial charge in [0.05, 0.1) is 28.0 Å². The molecular formula is C26H22N2O2S3. The van der Waals surface area contributed by atoms with Gasteiger partial charge in [0.1, 0.15) is 11.1 Å². The number of aliphatic hydroxyl groups excluding tert-OH is 1. The predicted octanol–water partition coefficient (Wildman–Crippen LogP) is 5.75. The first kappa shape index (κ1) is 23.4. The van der Waals surface area contributed by atoms with Crippen LogP contribution in [0.15, 0.2) is 89.3 Å². The Bertz CT molecular complexity index is 1250. The van der Waals surface area contributed by atoms with Gasteiger partial charge in [-0.15, -0.1) is 23.1 Å². The summed E-state index contributed by atoms with van der Waals surface area (Å²) < 4.78 is 12.5. The van der Waals surface area contributed by atoms with Crippen molar-refractivity contribution in [2.45, 2.75) is 16.9 Å². The molecule has 0 spiro atoms. The molecule has 166 valence electrons. The number of pyridine rings is 1. The van der Waals surface area contributed by atoms with Crippen LogP contribution in [-0.4, -0.2) is 31.9 Å². The van der Waals surface area contributed by atoms with Gasteiger partial charge in [0.2, 0.25) is 0 Å². The van der Waals surface area contributed by atoms with Crippen LogP contribution in [0.1, 0.15) is 11.1 Å². The summed E-state index contributed by atoms with van der Waals surface area (Å²) in [6, 6.07) is 27.6. The van der Waals surface area contributed by atoms with Crippen LogP contribution in [0.4, 0.5) is 0 Å². The van der Waals surface area contributed by atoms with Crippen molar-refractivity contribution in [3.8, 4) is 27.8 Å². The molecule has 0 aliphatic carbocycles. The number of benzene rings is 2. The Labute approximate surface area is 204 Å². The summed E-state index contributed by atoms with van der Waals surface area (Å²) >= 11 is 2.93. The lowest BCUT2D eigenvalue weighted by Gasteiger charge is -2.14. The monoisotopic (exact) mass is 490 g/mol. The molecule has 0 aliphatic rings. The Morgan fingerprint density at radius 3 is 2.45 bits per heavy atom. The molecule has 0 bridgehead atoms. The number of hydrogen-bond donors (Lipinski definition) is 1. The lowest BCUT2D eigenvalue weighted by atomic mass is 10.0. The fourth-order valence-corrected chi connectivity index (χ4v) is 6.38. The van der Waals surface area contributed by atoms with Gasteiger partial charge in [-0.05, 0) is 28.6 Å². The van der Waals surface area contributed by atoms with Gasteiger partial charge in [0, 0.05) is 27.9 Å². The highest BCUT2D eigenvalue weighted by Gasteiger charge is 2.18. The predicted molar refractivity (Wildman–Crippen MR) is 138 cm³/mol. The van der Waals surface area contributed by atoms with Gasteiger partial charge in [0.15, 0.2) is 0 Å². The topological polar surface area (TPSA) is 74.0 Å². The minimum Gasteiger partial charge on any atom is -0.391 e. The molecule has 7 heteroatoms. The quantitative estimate of drug-likeness (QED) is 0.302. The third-order valence-electron chi connectivity index (χ3n) is 4.92. The molecule has 0 fully saturated rings. The first-order valence-electron chi connectivity index (χ1n) is 10.4. The zero-order valence-electron chi connectivity index (χ0n) is 17.8. The second kappa shape index (κ2) is 11.4. The van der Waals surface area contributed by atoms with Crippen molar-refractivity contribution in [1.82, 2.24) is 4.98 Å². The molecule has 0 saturated heterocycles. The van der Waals surface area contributed by atoms with E-state index in [1.54, 1.807) is 11.3 Å². The molecule has 2 atom stereocenters. The van der Waals surface area contributed by atoms with Gasteiger partial charge in [-0.1, -0.05) is 66.7 Å². The average molecular weight is 491 g/mol. The maximum Gasteiger partial charge on any atom is 0.115 e. The van der Waals surface area contributed by atoms with Gasteiger partial charge in [-0.25, -0.2) is 4.98 Å². The number of aliphatic hydroxyl groups is 1. The third kappa shape index (κ3) is 6.18. The smallest absolute Gasteiger partial charge is 0.115 e. The van der Waals surface area contributed by atoms with Crippen molar-refractivity contribution in [1.29, 1.82) is 5.26 Å². The van der Waals surface area contributed by atoms with Crippen LogP contribution in [0.5, 0.6) is 0 Å². The molecule has 0 unspecified atom stereocenters. The van der Waals surface area contributed by atoms with Gasteiger partial charge in [-0.3, -0.25) is 4.21 Å². The van der Waals surface area contributed by atoms with Gasteiger partial charge in [0.25, 0.3) is 0 Å². The van der Waals surface area contributed by atoms with E-state index in [2.05, 4.69) is 6.07 Å². The van der Waals surface area contributed by atoms with Crippen LogP contribution >= 0.6 is 23.1 Å². The summed E-state index contributed by atoms with van der Waals surface area (Å²) in [6.07, 6.45) is -0.765. The van der Waals surface area contributed by atoms with Crippen molar-refractivity contribution >= 4 is 33.9 Å². The second-order valence-corrected chi connectivity index (χ2v) is 10.8. The summed E-state index contributed by atoms with van der Waals surface area (Å²) in [5.41, 5.74) is 4.04. The first-order chi connectivity index (χ1) is 16.1. The molecule has 4 aromatic rings. The van der Waals surface area contributed by atoms with Crippen molar-refractivity contribution in [3.63, 3.8) is 0 Å². The van der Waals surface area contributed by atoms with E-state index in [-0.39, 0.29) is 5.75 Å². The molecule has 0 saturated carbocycles. The normalized spacial score (nSPS) is 12.7. The maximum atomic E-state index is 12.5. The van der Waals surface area contributed by atoms with Gasteiger partial charge < -0.3 is 5.11 Å². The largest absolute Gasteiger partial charge is 0.391 e. The van der Waals surface area contributed by atoms with Crippen molar-refractivity contribution in [2.75, 3.05) is 11.5 Å². The van der Waals surface area contributed by atoms with E-state index in [0.29, 0.717) is 22.1 Å². The zero-order valence-corrected chi connectivity index (χ0v) is 20.2. The van der Waals surface area contributed by atoms with Crippen LogP contribution < -0.4 is 0 Å².